The van der Waals surface area contributed by atoms with Crippen LogP contribution in [0.4, 0.5) is 0 Å². The van der Waals surface area contributed by atoms with Crippen LogP contribution >= 0.6 is 0 Å². The lowest BCUT2D eigenvalue weighted by Gasteiger charge is -2.32. The normalized spacial score (nSPS) is 18.1. The first-order valence-electron chi connectivity index (χ1n) is 13.2. The highest BCUT2D eigenvalue weighted by Crippen LogP contribution is 2.26. The quantitative estimate of drug-likeness (QED) is 0.472. The maximum atomic E-state index is 13.5. The minimum Gasteiger partial charge on any atom is -0.466 e. The SMILES string of the molecule is CCOC(=O)C1CCN(C(=O)CCN(C[C@H]2CCCO2)C(=O)c2cc(-c3cc(C)ccc3C)on2)CC1. The molecule has 200 valence electrons. The minimum atomic E-state index is -0.273. The molecule has 2 aliphatic heterocycles. The van der Waals surface area contributed by atoms with Crippen molar-refractivity contribution in [2.24, 2.45) is 5.92 Å². The summed E-state index contributed by atoms with van der Waals surface area (Å²) in [5.41, 5.74) is 3.25. The molecule has 2 aromatic rings. The molecule has 1 aromatic heterocycles. The van der Waals surface area contributed by atoms with Gasteiger partial charge in [0.2, 0.25) is 5.91 Å². The molecule has 0 spiro atoms. The van der Waals surface area contributed by atoms with E-state index in [-0.39, 0.29) is 48.5 Å². The predicted molar refractivity (Wildman–Crippen MR) is 137 cm³/mol. The van der Waals surface area contributed by atoms with E-state index in [1.54, 1.807) is 22.8 Å². The smallest absolute Gasteiger partial charge is 0.309 e. The average molecular weight is 512 g/mol. The van der Waals surface area contributed by atoms with Gasteiger partial charge in [0.25, 0.3) is 5.91 Å². The van der Waals surface area contributed by atoms with E-state index in [2.05, 4.69) is 5.16 Å². The number of rotatable bonds is 9. The van der Waals surface area contributed by atoms with Crippen molar-refractivity contribution in [1.82, 2.24) is 15.0 Å². The summed E-state index contributed by atoms with van der Waals surface area (Å²) in [6.45, 7) is 8.54. The Bertz CT molecular complexity index is 1100. The number of piperidine rings is 1. The van der Waals surface area contributed by atoms with E-state index in [1.165, 1.54) is 0 Å². The maximum absolute atomic E-state index is 13.5. The second kappa shape index (κ2) is 12.4. The highest BCUT2D eigenvalue weighted by atomic mass is 16.5. The van der Waals surface area contributed by atoms with Crippen molar-refractivity contribution in [3.05, 3.63) is 41.1 Å². The zero-order valence-electron chi connectivity index (χ0n) is 22.0. The van der Waals surface area contributed by atoms with Crippen molar-refractivity contribution in [2.75, 3.05) is 39.4 Å². The van der Waals surface area contributed by atoms with Crippen LogP contribution in [0.15, 0.2) is 28.8 Å². The Hall–Kier alpha value is -3.20. The van der Waals surface area contributed by atoms with Crippen molar-refractivity contribution in [3.8, 4) is 11.3 Å². The van der Waals surface area contributed by atoms with E-state index < -0.39 is 0 Å². The average Bonchev–Trinajstić information content (AvgIpc) is 3.60. The van der Waals surface area contributed by atoms with Crippen molar-refractivity contribution in [1.29, 1.82) is 0 Å². The van der Waals surface area contributed by atoms with Crippen LogP contribution < -0.4 is 0 Å². The Morgan fingerprint density at radius 1 is 1.14 bits per heavy atom. The summed E-state index contributed by atoms with van der Waals surface area (Å²) < 4.78 is 16.4. The Labute approximate surface area is 218 Å². The molecule has 2 aliphatic rings. The van der Waals surface area contributed by atoms with Crippen LogP contribution in [0.2, 0.25) is 0 Å². The number of esters is 1. The number of hydrogen-bond donors (Lipinski definition) is 0. The molecule has 0 radical (unpaired) electrons. The van der Waals surface area contributed by atoms with Crippen molar-refractivity contribution in [2.45, 2.75) is 59.0 Å². The van der Waals surface area contributed by atoms with Gasteiger partial charge in [0.15, 0.2) is 11.5 Å². The van der Waals surface area contributed by atoms with Crippen LogP contribution in [0.5, 0.6) is 0 Å². The van der Waals surface area contributed by atoms with Gasteiger partial charge in [-0.3, -0.25) is 14.4 Å². The molecule has 2 saturated heterocycles. The number of aryl methyl sites for hydroxylation is 2. The predicted octanol–water partition coefficient (Wildman–Crippen LogP) is 3.77. The molecule has 1 aromatic carbocycles. The Kier molecular flexibility index (Phi) is 8.97. The lowest BCUT2D eigenvalue weighted by molar-refractivity contribution is -0.151. The maximum Gasteiger partial charge on any atom is 0.309 e. The van der Waals surface area contributed by atoms with Crippen molar-refractivity contribution < 1.29 is 28.4 Å². The van der Waals surface area contributed by atoms with Gasteiger partial charge in [-0.05, 0) is 58.1 Å². The lowest BCUT2D eigenvalue weighted by atomic mass is 9.97. The van der Waals surface area contributed by atoms with Gasteiger partial charge < -0.3 is 23.8 Å². The fourth-order valence-electron chi connectivity index (χ4n) is 4.99. The fourth-order valence-corrected chi connectivity index (χ4v) is 4.99. The fraction of sp³-hybridized carbons (Fsp3) is 0.571. The van der Waals surface area contributed by atoms with Crippen LogP contribution in [0.3, 0.4) is 0 Å². The van der Waals surface area contributed by atoms with Crippen LogP contribution in [0.1, 0.15) is 60.6 Å². The largest absolute Gasteiger partial charge is 0.466 e. The third-order valence-electron chi connectivity index (χ3n) is 7.19. The number of amides is 2. The van der Waals surface area contributed by atoms with Gasteiger partial charge >= 0.3 is 5.97 Å². The topological polar surface area (TPSA) is 102 Å². The second-order valence-electron chi connectivity index (χ2n) is 9.94. The first-order valence-corrected chi connectivity index (χ1v) is 13.2. The molecule has 0 unspecified atom stereocenters. The highest BCUT2D eigenvalue weighted by Gasteiger charge is 2.30. The van der Waals surface area contributed by atoms with E-state index in [1.807, 2.05) is 32.0 Å². The minimum absolute atomic E-state index is 0.0244. The van der Waals surface area contributed by atoms with Crippen LogP contribution in [0, 0.1) is 19.8 Å². The molecule has 37 heavy (non-hydrogen) atoms. The molecular formula is C28H37N3O6. The number of carbonyl (C=O) groups is 3. The van der Waals surface area contributed by atoms with Gasteiger partial charge in [-0.2, -0.15) is 0 Å². The number of aromatic nitrogens is 1. The van der Waals surface area contributed by atoms with Gasteiger partial charge in [0.1, 0.15) is 0 Å². The Morgan fingerprint density at radius 3 is 2.62 bits per heavy atom. The first-order chi connectivity index (χ1) is 17.9. The van der Waals surface area contributed by atoms with Crippen molar-refractivity contribution >= 4 is 17.8 Å². The molecule has 9 nitrogen and oxygen atoms in total. The molecular weight excluding hydrogens is 474 g/mol. The Balaban J connectivity index is 1.40. The number of nitrogens with zero attached hydrogens (tertiary/aromatic N) is 3. The van der Waals surface area contributed by atoms with E-state index in [0.29, 0.717) is 51.4 Å². The van der Waals surface area contributed by atoms with Crippen LogP contribution in [0.25, 0.3) is 11.3 Å². The number of benzene rings is 1. The van der Waals surface area contributed by atoms with Gasteiger partial charge in [-0.25, -0.2) is 0 Å². The molecule has 0 N–H and O–H groups in total. The van der Waals surface area contributed by atoms with E-state index in [9.17, 15) is 14.4 Å². The standard InChI is InChI=1S/C28H37N3O6/c1-4-35-28(34)21-9-12-30(13-10-21)26(32)11-14-31(18-22-6-5-15-36-22)27(33)24-17-25(37-29-24)23-16-19(2)7-8-20(23)3/h7-8,16-17,21-22H,4-6,9-15,18H2,1-3H3/t22-/m1/s1. The first kappa shape index (κ1) is 26.9. The van der Waals surface area contributed by atoms with Crippen LogP contribution in [-0.4, -0.2) is 78.2 Å². The second-order valence-corrected chi connectivity index (χ2v) is 9.94. The van der Waals surface area contributed by atoms with Gasteiger partial charge in [0.05, 0.1) is 18.6 Å². The van der Waals surface area contributed by atoms with Gasteiger partial charge in [-0.1, -0.05) is 22.9 Å². The molecule has 0 bridgehead atoms. The molecule has 0 aliphatic carbocycles. The number of likely N-dealkylation sites (tertiary alicyclic amines) is 1. The van der Waals surface area contributed by atoms with Gasteiger partial charge in [0, 0.05) is 50.8 Å². The molecule has 4 rings (SSSR count). The lowest BCUT2D eigenvalue weighted by Crippen LogP contribution is -2.43. The molecule has 3 heterocycles. The third-order valence-corrected chi connectivity index (χ3v) is 7.19. The zero-order chi connectivity index (χ0) is 26.4. The zero-order valence-corrected chi connectivity index (χ0v) is 22.0. The van der Waals surface area contributed by atoms with Crippen molar-refractivity contribution in [3.63, 3.8) is 0 Å². The third kappa shape index (κ3) is 6.77. The molecule has 2 amide bonds. The summed E-state index contributed by atoms with van der Waals surface area (Å²) in [7, 11) is 0. The van der Waals surface area contributed by atoms with E-state index in [4.69, 9.17) is 14.0 Å². The summed E-state index contributed by atoms with van der Waals surface area (Å²) in [5.74, 6) is -0.0915. The highest BCUT2D eigenvalue weighted by molar-refractivity contribution is 5.93. The summed E-state index contributed by atoms with van der Waals surface area (Å²) in [4.78, 5) is 41.9. The molecule has 1 atom stereocenters. The summed E-state index contributed by atoms with van der Waals surface area (Å²) in [6, 6.07) is 7.73. The molecule has 0 saturated carbocycles. The molecule has 2 fully saturated rings. The number of carbonyl (C=O) groups excluding carboxylic acids is 3. The van der Waals surface area contributed by atoms with E-state index >= 15 is 0 Å². The van der Waals surface area contributed by atoms with Gasteiger partial charge in [-0.15, -0.1) is 0 Å². The summed E-state index contributed by atoms with van der Waals surface area (Å²) in [5, 5.41) is 4.07. The number of ether oxygens (including phenoxy) is 2. The summed E-state index contributed by atoms with van der Waals surface area (Å²) in [6.07, 6.45) is 3.19. The molecule has 9 heteroatoms. The Morgan fingerprint density at radius 2 is 1.92 bits per heavy atom. The summed E-state index contributed by atoms with van der Waals surface area (Å²) >= 11 is 0. The van der Waals surface area contributed by atoms with E-state index in [0.717, 1.165) is 29.5 Å². The van der Waals surface area contributed by atoms with Crippen LogP contribution in [-0.2, 0) is 19.1 Å². The monoisotopic (exact) mass is 511 g/mol. The number of hydrogen-bond acceptors (Lipinski definition) is 7.